The normalized spacial score (nSPS) is 10.8. The molecular weight excluding hydrogens is 217 g/mol. The lowest BCUT2D eigenvalue weighted by molar-refractivity contribution is 1.30. The third kappa shape index (κ3) is 3.24. The van der Waals surface area contributed by atoms with Gasteiger partial charge >= 0.3 is 0 Å². The van der Waals surface area contributed by atoms with E-state index in [2.05, 4.69) is 5.32 Å². The maximum atomic E-state index is 6.03. The van der Waals surface area contributed by atoms with Crippen LogP contribution in [0.4, 0.5) is 5.69 Å². The van der Waals surface area contributed by atoms with Gasteiger partial charge in [0.05, 0.1) is 10.7 Å². The Hall–Kier alpha value is -0.660. The largest absolute Gasteiger partial charge is 0.380 e. The maximum absolute atomic E-state index is 6.03. The van der Waals surface area contributed by atoms with E-state index in [1.54, 1.807) is 0 Å². The summed E-state index contributed by atoms with van der Waals surface area (Å²) in [6.45, 7) is 2.77. The quantitative estimate of drug-likeness (QED) is 0.611. The Morgan fingerprint density at radius 2 is 2.14 bits per heavy atom. The van der Waals surface area contributed by atoms with Crippen molar-refractivity contribution >= 4 is 28.9 Å². The molecular formula is C11H13Cl2N. The first-order valence-corrected chi connectivity index (χ1v) is 5.37. The second-order valence-electron chi connectivity index (χ2n) is 2.94. The second kappa shape index (κ2) is 5.94. The van der Waals surface area contributed by atoms with Crippen molar-refractivity contribution in [1.29, 1.82) is 0 Å². The van der Waals surface area contributed by atoms with Crippen LogP contribution in [0.25, 0.3) is 0 Å². The Morgan fingerprint density at radius 3 is 2.79 bits per heavy atom. The van der Waals surface area contributed by atoms with Crippen LogP contribution in [-0.2, 0) is 0 Å². The predicted octanol–water partition coefficient (Wildman–Crippen LogP) is 3.86. The van der Waals surface area contributed by atoms with Crippen molar-refractivity contribution < 1.29 is 0 Å². The van der Waals surface area contributed by atoms with Crippen LogP contribution in [0.2, 0.25) is 5.02 Å². The van der Waals surface area contributed by atoms with Gasteiger partial charge in [-0.15, -0.1) is 11.6 Å². The second-order valence-corrected chi connectivity index (χ2v) is 3.65. The number of alkyl halides is 1. The van der Waals surface area contributed by atoms with Gasteiger partial charge in [-0.2, -0.15) is 0 Å². The van der Waals surface area contributed by atoms with Crippen LogP contribution < -0.4 is 5.32 Å². The number of hydrogen-bond donors (Lipinski definition) is 1. The summed E-state index contributed by atoms with van der Waals surface area (Å²) < 4.78 is 0. The molecule has 0 aliphatic heterocycles. The molecule has 0 spiro atoms. The average molecular weight is 230 g/mol. The highest BCUT2D eigenvalue weighted by Gasteiger charge is 2.00. The van der Waals surface area contributed by atoms with Crippen LogP contribution in [0.15, 0.2) is 30.4 Å². The van der Waals surface area contributed by atoms with Gasteiger partial charge in [-0.3, -0.25) is 0 Å². The van der Waals surface area contributed by atoms with E-state index in [1.165, 1.54) is 0 Å². The summed E-state index contributed by atoms with van der Waals surface area (Å²) in [6, 6.07) is 5.85. The van der Waals surface area contributed by atoms with E-state index in [4.69, 9.17) is 23.2 Å². The first-order valence-electron chi connectivity index (χ1n) is 4.45. The zero-order chi connectivity index (χ0) is 10.4. The highest BCUT2D eigenvalue weighted by Crippen LogP contribution is 2.24. The highest BCUT2D eigenvalue weighted by atomic mass is 35.5. The van der Waals surface area contributed by atoms with Gasteiger partial charge in [0.15, 0.2) is 0 Å². The molecule has 0 bridgehead atoms. The highest BCUT2D eigenvalue weighted by molar-refractivity contribution is 6.33. The SMILES string of the molecule is Cc1cccc(Cl)c1NC/C=C/CCl. The molecule has 0 fully saturated rings. The zero-order valence-corrected chi connectivity index (χ0v) is 9.57. The summed E-state index contributed by atoms with van der Waals surface area (Å²) in [7, 11) is 0. The molecule has 0 atom stereocenters. The van der Waals surface area contributed by atoms with Gasteiger partial charge in [-0.25, -0.2) is 0 Å². The van der Waals surface area contributed by atoms with E-state index in [-0.39, 0.29) is 0 Å². The Labute approximate surface area is 94.7 Å². The van der Waals surface area contributed by atoms with Gasteiger partial charge in [0, 0.05) is 12.4 Å². The topological polar surface area (TPSA) is 12.0 Å². The lowest BCUT2D eigenvalue weighted by Gasteiger charge is -2.08. The number of halogens is 2. The van der Waals surface area contributed by atoms with Gasteiger partial charge in [0.1, 0.15) is 0 Å². The molecule has 0 saturated carbocycles. The van der Waals surface area contributed by atoms with Crippen LogP contribution in [0.3, 0.4) is 0 Å². The minimum atomic E-state index is 0.545. The van der Waals surface area contributed by atoms with E-state index in [9.17, 15) is 0 Å². The number of allylic oxidation sites excluding steroid dienone is 1. The Bertz CT molecular complexity index is 301. The molecule has 1 N–H and O–H groups in total. The van der Waals surface area contributed by atoms with Crippen molar-refractivity contribution in [2.45, 2.75) is 6.92 Å². The monoisotopic (exact) mass is 229 g/mol. The molecule has 0 aliphatic carbocycles. The lowest BCUT2D eigenvalue weighted by atomic mass is 10.2. The van der Waals surface area contributed by atoms with Crippen LogP contribution in [0.5, 0.6) is 0 Å². The number of anilines is 1. The molecule has 0 heterocycles. The molecule has 0 aromatic heterocycles. The third-order valence-electron chi connectivity index (χ3n) is 1.87. The smallest absolute Gasteiger partial charge is 0.0640 e. The van der Waals surface area contributed by atoms with Gasteiger partial charge < -0.3 is 5.32 Å². The molecule has 1 rings (SSSR count). The maximum Gasteiger partial charge on any atom is 0.0640 e. The molecule has 14 heavy (non-hydrogen) atoms. The van der Waals surface area contributed by atoms with Crippen molar-refractivity contribution in [2.24, 2.45) is 0 Å². The van der Waals surface area contributed by atoms with E-state index < -0.39 is 0 Å². The molecule has 0 saturated heterocycles. The van der Waals surface area contributed by atoms with Gasteiger partial charge in [-0.1, -0.05) is 35.9 Å². The number of benzene rings is 1. The first-order chi connectivity index (χ1) is 6.75. The number of aryl methyl sites for hydroxylation is 1. The van der Waals surface area contributed by atoms with E-state index in [0.717, 1.165) is 22.8 Å². The summed E-state index contributed by atoms with van der Waals surface area (Å²) in [6.07, 6.45) is 3.89. The molecule has 1 aromatic rings. The number of hydrogen-bond acceptors (Lipinski definition) is 1. The Balaban J connectivity index is 2.62. The number of nitrogens with one attached hydrogen (secondary N) is 1. The van der Waals surface area contributed by atoms with Gasteiger partial charge in [-0.05, 0) is 18.6 Å². The fourth-order valence-corrected chi connectivity index (χ4v) is 1.58. The predicted molar refractivity (Wildman–Crippen MR) is 64.5 cm³/mol. The van der Waals surface area contributed by atoms with Crippen molar-refractivity contribution in [3.05, 3.63) is 40.9 Å². The minimum Gasteiger partial charge on any atom is -0.380 e. The van der Waals surface area contributed by atoms with Gasteiger partial charge in [0.25, 0.3) is 0 Å². The molecule has 0 unspecified atom stereocenters. The van der Waals surface area contributed by atoms with E-state index in [0.29, 0.717) is 5.88 Å². The standard InChI is InChI=1S/C11H13Cl2N/c1-9-5-4-6-10(13)11(9)14-8-3-2-7-12/h2-6,14H,7-8H2,1H3/b3-2+. The summed E-state index contributed by atoms with van der Waals surface area (Å²) in [5.74, 6) is 0.545. The summed E-state index contributed by atoms with van der Waals surface area (Å²) in [4.78, 5) is 0. The average Bonchev–Trinajstić information content (AvgIpc) is 2.16. The van der Waals surface area contributed by atoms with Crippen LogP contribution in [0.1, 0.15) is 5.56 Å². The van der Waals surface area contributed by atoms with E-state index in [1.807, 2.05) is 37.3 Å². The van der Waals surface area contributed by atoms with Crippen LogP contribution >= 0.6 is 23.2 Å². The lowest BCUT2D eigenvalue weighted by Crippen LogP contribution is -2.00. The third-order valence-corrected chi connectivity index (χ3v) is 2.37. The fraction of sp³-hybridized carbons (Fsp3) is 0.273. The first kappa shape index (κ1) is 11.4. The molecule has 1 nitrogen and oxygen atoms in total. The fourth-order valence-electron chi connectivity index (χ4n) is 1.16. The minimum absolute atomic E-state index is 0.545. The van der Waals surface area contributed by atoms with E-state index >= 15 is 0 Å². The molecule has 76 valence electrons. The summed E-state index contributed by atoms with van der Waals surface area (Å²) in [5, 5.41) is 3.99. The molecule has 0 amide bonds. The molecule has 0 radical (unpaired) electrons. The zero-order valence-electron chi connectivity index (χ0n) is 8.06. The number of para-hydroxylation sites is 1. The summed E-state index contributed by atoms with van der Waals surface area (Å²) >= 11 is 11.5. The molecule has 3 heteroatoms. The molecule has 1 aromatic carbocycles. The Kier molecular flexibility index (Phi) is 4.85. The Morgan fingerprint density at radius 1 is 1.36 bits per heavy atom. The van der Waals surface area contributed by atoms with Crippen LogP contribution in [0, 0.1) is 6.92 Å². The van der Waals surface area contributed by atoms with Crippen molar-refractivity contribution in [1.82, 2.24) is 0 Å². The van der Waals surface area contributed by atoms with Gasteiger partial charge in [0.2, 0.25) is 0 Å². The molecule has 0 aliphatic rings. The summed E-state index contributed by atoms with van der Waals surface area (Å²) in [5.41, 5.74) is 2.14. The van der Waals surface area contributed by atoms with Crippen LogP contribution in [-0.4, -0.2) is 12.4 Å². The van der Waals surface area contributed by atoms with Crippen molar-refractivity contribution in [3.8, 4) is 0 Å². The number of rotatable bonds is 4. The van der Waals surface area contributed by atoms with Crippen molar-refractivity contribution in [3.63, 3.8) is 0 Å². The van der Waals surface area contributed by atoms with Crippen molar-refractivity contribution in [2.75, 3.05) is 17.7 Å².